The molecule has 3 fully saturated rings. The number of nitrogens with one attached hydrogen (secondary N) is 1. The summed E-state index contributed by atoms with van der Waals surface area (Å²) in [6.45, 7) is 9.44. The van der Waals surface area contributed by atoms with E-state index in [1.165, 1.54) is 23.0 Å². The normalized spacial score (nSPS) is 23.9. The Kier molecular flexibility index (Phi) is 9.00. The van der Waals surface area contributed by atoms with Gasteiger partial charge in [0.15, 0.2) is 0 Å². The van der Waals surface area contributed by atoms with E-state index >= 15 is 0 Å². The first-order chi connectivity index (χ1) is 20.0. The maximum absolute atomic E-state index is 12.9. The number of carbonyl (C=O) groups is 2. The summed E-state index contributed by atoms with van der Waals surface area (Å²) in [6, 6.07) is 10.2. The van der Waals surface area contributed by atoms with Gasteiger partial charge in [0.1, 0.15) is 5.82 Å². The lowest BCUT2D eigenvalue weighted by Gasteiger charge is -2.37. The van der Waals surface area contributed by atoms with Gasteiger partial charge in [0.2, 0.25) is 5.91 Å². The number of likely N-dealkylation sites (tertiary alicyclic amines) is 1. The molecule has 4 unspecified atom stereocenters. The molecule has 3 heterocycles. The number of aromatic nitrogens is 2. The first kappa shape index (κ1) is 30.2. The smallest absolute Gasteiger partial charge is 0.338 e. The standard InChI is InChI=1S/C31H46N8O3/c1-4-23(38-19-22-6-5-7-26(32)25(22)20-38)18-21-8-10-24(11-9-21)39-13-12-27(35-30(39)42)34-29(41)37-16-14-36(15-17-37)28(40)31(2,3)33/h8-13,22-23,25-26H,4-7,14-20,32-33H2,1-3H3,(H,34,35,41,42). The molecule has 1 aliphatic carbocycles. The fourth-order valence-electron chi connectivity index (χ4n) is 6.82. The number of anilines is 1. The van der Waals surface area contributed by atoms with Crippen LogP contribution in [0.15, 0.2) is 41.3 Å². The minimum Gasteiger partial charge on any atom is -0.338 e. The molecule has 0 spiro atoms. The van der Waals surface area contributed by atoms with Crippen LogP contribution in [0.5, 0.6) is 0 Å². The SMILES string of the molecule is CCC(Cc1ccc(-n2ccc(NC(=O)N3CCN(C(=O)C(C)(C)N)CC3)nc2=O)cc1)N1CC2CCCC(N)C2C1. The van der Waals surface area contributed by atoms with Crippen molar-refractivity contribution in [3.8, 4) is 5.69 Å². The van der Waals surface area contributed by atoms with Gasteiger partial charge >= 0.3 is 11.7 Å². The Morgan fingerprint density at radius 2 is 1.74 bits per heavy atom. The van der Waals surface area contributed by atoms with Crippen molar-refractivity contribution in [2.75, 3.05) is 44.6 Å². The molecule has 3 aliphatic rings. The summed E-state index contributed by atoms with van der Waals surface area (Å²) in [5.74, 6) is 1.42. The molecule has 3 amide bonds. The van der Waals surface area contributed by atoms with E-state index in [0.29, 0.717) is 44.2 Å². The van der Waals surface area contributed by atoms with E-state index in [4.69, 9.17) is 11.5 Å². The van der Waals surface area contributed by atoms with Crippen LogP contribution in [0.3, 0.4) is 0 Å². The van der Waals surface area contributed by atoms with Crippen LogP contribution in [0.25, 0.3) is 5.69 Å². The van der Waals surface area contributed by atoms with Gasteiger partial charge in [-0.15, -0.1) is 0 Å². The Morgan fingerprint density at radius 1 is 1.05 bits per heavy atom. The van der Waals surface area contributed by atoms with Gasteiger partial charge in [-0.1, -0.05) is 25.5 Å². The second-order valence-electron chi connectivity index (χ2n) is 12.8. The van der Waals surface area contributed by atoms with E-state index in [2.05, 4.69) is 34.3 Å². The van der Waals surface area contributed by atoms with Gasteiger partial charge in [-0.25, -0.2) is 9.59 Å². The molecule has 11 heteroatoms. The number of nitrogens with two attached hydrogens (primary N) is 2. The summed E-state index contributed by atoms with van der Waals surface area (Å²) < 4.78 is 1.47. The van der Waals surface area contributed by atoms with Crippen LogP contribution in [0, 0.1) is 11.8 Å². The van der Waals surface area contributed by atoms with Gasteiger partial charge in [-0.3, -0.25) is 19.6 Å². The van der Waals surface area contributed by atoms with E-state index in [1.807, 2.05) is 12.1 Å². The second kappa shape index (κ2) is 12.5. The molecule has 0 radical (unpaired) electrons. The third kappa shape index (κ3) is 6.68. The van der Waals surface area contributed by atoms with Crippen LogP contribution in [-0.2, 0) is 11.2 Å². The van der Waals surface area contributed by atoms with Crippen LogP contribution in [0.4, 0.5) is 10.6 Å². The molecule has 2 aromatic rings. The van der Waals surface area contributed by atoms with E-state index in [-0.39, 0.29) is 17.8 Å². The third-order valence-corrected chi connectivity index (χ3v) is 9.30. The molecule has 5 rings (SSSR count). The van der Waals surface area contributed by atoms with E-state index in [0.717, 1.165) is 44.0 Å². The van der Waals surface area contributed by atoms with Crippen LogP contribution in [0.2, 0.25) is 0 Å². The van der Waals surface area contributed by atoms with Crippen molar-refractivity contribution < 1.29 is 9.59 Å². The second-order valence-corrected chi connectivity index (χ2v) is 12.8. The van der Waals surface area contributed by atoms with Crippen molar-refractivity contribution in [2.45, 2.75) is 70.5 Å². The van der Waals surface area contributed by atoms with Crippen molar-refractivity contribution in [3.63, 3.8) is 0 Å². The number of amides is 3. The molecule has 1 aromatic carbocycles. The quantitative estimate of drug-likeness (QED) is 0.456. The molecule has 1 saturated carbocycles. The number of urea groups is 1. The average Bonchev–Trinajstić information content (AvgIpc) is 3.41. The highest BCUT2D eigenvalue weighted by molar-refractivity contribution is 5.89. The molecule has 1 aromatic heterocycles. The van der Waals surface area contributed by atoms with E-state index in [1.54, 1.807) is 35.9 Å². The summed E-state index contributed by atoms with van der Waals surface area (Å²) in [6.07, 6.45) is 7.40. The molecule has 11 nitrogen and oxygen atoms in total. The number of nitrogens with zero attached hydrogens (tertiary/aromatic N) is 5. The number of hydrogen-bond donors (Lipinski definition) is 3. The lowest BCUT2D eigenvalue weighted by atomic mass is 9.78. The lowest BCUT2D eigenvalue weighted by molar-refractivity contribution is -0.137. The highest BCUT2D eigenvalue weighted by Gasteiger charge is 2.40. The molecule has 5 N–H and O–H groups in total. The molecule has 4 atom stereocenters. The Bertz CT molecular complexity index is 1310. The minimum atomic E-state index is -0.946. The zero-order valence-electron chi connectivity index (χ0n) is 25.2. The molecular formula is C31H46N8O3. The van der Waals surface area contributed by atoms with Crippen LogP contribution in [-0.4, -0.2) is 93.1 Å². The predicted octanol–water partition coefficient (Wildman–Crippen LogP) is 2.03. The minimum absolute atomic E-state index is 0.139. The Balaban J connectivity index is 1.16. The van der Waals surface area contributed by atoms with Crippen molar-refractivity contribution >= 4 is 17.8 Å². The zero-order valence-corrected chi connectivity index (χ0v) is 25.2. The maximum Gasteiger partial charge on any atom is 0.354 e. The van der Waals surface area contributed by atoms with Crippen LogP contribution in [0.1, 0.15) is 52.0 Å². The number of benzene rings is 1. The van der Waals surface area contributed by atoms with Crippen LogP contribution >= 0.6 is 0 Å². The molecule has 42 heavy (non-hydrogen) atoms. The topological polar surface area (TPSA) is 143 Å². The largest absolute Gasteiger partial charge is 0.354 e. The van der Waals surface area contributed by atoms with Gasteiger partial charge in [-0.2, -0.15) is 4.98 Å². The van der Waals surface area contributed by atoms with Gasteiger partial charge < -0.3 is 21.3 Å². The molecule has 0 bridgehead atoms. The number of rotatable bonds is 7. The number of fused-ring (bicyclic) bond motifs is 1. The van der Waals surface area contributed by atoms with Crippen molar-refractivity contribution in [1.29, 1.82) is 0 Å². The lowest BCUT2D eigenvalue weighted by Crippen LogP contribution is -2.58. The number of carbonyl (C=O) groups excluding carboxylic acids is 2. The Hall–Kier alpha value is -3.28. The molecule has 2 aliphatic heterocycles. The Morgan fingerprint density at radius 3 is 2.36 bits per heavy atom. The van der Waals surface area contributed by atoms with Gasteiger partial charge in [0.05, 0.1) is 11.2 Å². The zero-order chi connectivity index (χ0) is 30.0. The van der Waals surface area contributed by atoms with Crippen molar-refractivity contribution in [1.82, 2.24) is 24.3 Å². The fraction of sp³-hybridized carbons (Fsp3) is 0.613. The predicted molar refractivity (Wildman–Crippen MR) is 163 cm³/mol. The summed E-state index contributed by atoms with van der Waals surface area (Å²) in [5.41, 5.74) is 12.9. The Labute approximate surface area is 248 Å². The van der Waals surface area contributed by atoms with Gasteiger partial charge in [0.25, 0.3) is 0 Å². The molecule has 228 valence electrons. The monoisotopic (exact) mass is 578 g/mol. The summed E-state index contributed by atoms with van der Waals surface area (Å²) in [7, 11) is 0. The average molecular weight is 579 g/mol. The first-order valence-corrected chi connectivity index (χ1v) is 15.4. The molecule has 2 saturated heterocycles. The highest BCUT2D eigenvalue weighted by Crippen LogP contribution is 2.37. The fourth-order valence-corrected chi connectivity index (χ4v) is 6.82. The summed E-state index contributed by atoms with van der Waals surface area (Å²) >= 11 is 0. The maximum atomic E-state index is 12.9. The summed E-state index contributed by atoms with van der Waals surface area (Å²) in [5, 5.41) is 2.71. The van der Waals surface area contributed by atoms with Gasteiger partial charge in [0, 0.05) is 57.5 Å². The van der Waals surface area contributed by atoms with Crippen LogP contribution < -0.4 is 22.5 Å². The third-order valence-electron chi connectivity index (χ3n) is 9.30. The molecular weight excluding hydrogens is 532 g/mol. The van der Waals surface area contributed by atoms with Crippen molar-refractivity contribution in [3.05, 3.63) is 52.6 Å². The van der Waals surface area contributed by atoms with Crippen molar-refractivity contribution in [2.24, 2.45) is 23.3 Å². The summed E-state index contributed by atoms with van der Waals surface area (Å²) in [4.78, 5) is 48.0. The van der Waals surface area contributed by atoms with Gasteiger partial charge in [-0.05, 0) is 75.1 Å². The van der Waals surface area contributed by atoms with E-state index < -0.39 is 11.2 Å². The highest BCUT2D eigenvalue weighted by atomic mass is 16.2. The number of hydrogen-bond acceptors (Lipinski definition) is 7. The number of piperazine rings is 1. The first-order valence-electron chi connectivity index (χ1n) is 15.4. The van der Waals surface area contributed by atoms with E-state index in [9.17, 15) is 14.4 Å².